The smallest absolute Gasteiger partial charge is 0.319 e. The van der Waals surface area contributed by atoms with E-state index in [1.807, 2.05) is 0 Å². The van der Waals surface area contributed by atoms with E-state index in [0.717, 1.165) is 106 Å². The molecule has 8 aromatic rings. The lowest BCUT2D eigenvalue weighted by atomic mass is 9.74. The van der Waals surface area contributed by atoms with Crippen molar-refractivity contribution in [2.45, 2.75) is 125 Å². The number of hydrogen-bond acceptors (Lipinski definition) is 21. The zero-order valence-electron chi connectivity index (χ0n) is 48.7. The first-order chi connectivity index (χ1) is 43.1. The van der Waals surface area contributed by atoms with Crippen LogP contribution in [0.5, 0.6) is 12.0 Å². The maximum atomic E-state index is 17.4. The summed E-state index contributed by atoms with van der Waals surface area (Å²) in [5, 5.41) is 28.8. The second-order valence-electron chi connectivity index (χ2n) is 26.0. The fourth-order valence-electron chi connectivity index (χ4n) is 15.8. The molecule has 89 heavy (non-hydrogen) atoms. The molecule has 19 nitrogen and oxygen atoms in total. The molecule has 0 spiro atoms. The predicted molar refractivity (Wildman–Crippen MR) is 328 cm³/mol. The van der Waals surface area contributed by atoms with E-state index in [1.165, 1.54) is 30.5 Å². The Bertz CT molecular complexity index is 4310. The zero-order valence-corrected chi connectivity index (χ0v) is 50.4. The predicted octanol–water partition coefficient (Wildman–Crippen LogP) is 9.80. The highest BCUT2D eigenvalue weighted by atomic mass is 32.1. The molecule has 460 valence electrons. The van der Waals surface area contributed by atoms with Crippen molar-refractivity contribution >= 4 is 86.3 Å². The number of rotatable bonds is 16. The SMILES string of the molecule is CN(C1OCC2CCC1N2CC1(COc2nc(N3CC4CCC(C3)N4)c3cnc(-c4ccc(F)c5sc(N)c(C#N)c45)c(F)c3n2)CC1)C1(CNc2nc(OC[C@@]34CCCN3C[C@H](F)C4)nc3c(F)c(-c4ccc(F)c5sc(N)c(C#N)c45)ncc23)CCC1. The highest BCUT2D eigenvalue weighted by Gasteiger charge is 2.55. The van der Waals surface area contributed by atoms with Crippen LogP contribution in [-0.4, -0.2) is 158 Å². The van der Waals surface area contributed by atoms with Crippen LogP contribution in [0.3, 0.4) is 0 Å². The Balaban J connectivity index is 0.667. The molecule has 7 atom stereocenters. The van der Waals surface area contributed by atoms with E-state index in [2.05, 4.69) is 64.4 Å². The molecule has 26 heteroatoms. The molecular formula is C63H63F5N16O3S2. The van der Waals surface area contributed by atoms with Gasteiger partial charge in [-0.05, 0) is 108 Å². The zero-order chi connectivity index (χ0) is 60.8. The third-order valence-corrected chi connectivity index (χ3v) is 22.9. The summed E-state index contributed by atoms with van der Waals surface area (Å²) in [4.78, 5) is 37.8. The number of fused-ring (bicyclic) bond motifs is 9. The molecule has 8 aliphatic rings. The first kappa shape index (κ1) is 56.8. The minimum Gasteiger partial charge on any atom is -0.463 e. The van der Waals surface area contributed by atoms with Crippen molar-refractivity contribution in [3.63, 3.8) is 0 Å². The molecule has 12 heterocycles. The van der Waals surface area contributed by atoms with Gasteiger partial charge in [-0.2, -0.15) is 30.5 Å². The van der Waals surface area contributed by atoms with Crippen LogP contribution in [0.2, 0.25) is 0 Å². The third-order valence-electron chi connectivity index (χ3n) is 20.9. The van der Waals surface area contributed by atoms with Gasteiger partial charge in [0.05, 0.1) is 50.1 Å². The van der Waals surface area contributed by atoms with E-state index in [0.29, 0.717) is 68.2 Å². The highest BCUT2D eigenvalue weighted by molar-refractivity contribution is 7.23. The molecule has 8 fully saturated rings. The van der Waals surface area contributed by atoms with Gasteiger partial charge in [0.25, 0.3) is 0 Å². The number of aromatic nitrogens is 6. The standard InChI is InChI=1S/C63H63F5N16O3S2/c1-81(62(12-2-13-62)27-75-56-39-21-73-48(35-7-9-41(65)52-44(35)37(19-69)54(71)88-52)46(67)50(39)77-59(79-56)87-30-63-14-3-17-83(63)23-31(64)18-63)58-43-11-6-34(26-85-58)84(43)28-61(15-16-61)29-86-60-78-51-40(57(80-60)82-24-32-4-5-33(25-82)76-32)22-74-49(47(51)68)36-8-10-42(66)53-45(36)38(20-70)55(72)89-53/h7-10,21-22,31-34,43,58,76H,2-6,11-18,23-30,71-72H2,1H3,(H,75,77,79)/t31-,32?,33?,34?,43?,58?,63+/m1/s1. The maximum absolute atomic E-state index is 17.4. The number of nitrogens with one attached hydrogen (secondary N) is 2. The molecule has 6 N–H and O–H groups in total. The number of hydrogen-bond donors (Lipinski definition) is 4. The molecule has 2 aromatic carbocycles. The van der Waals surface area contributed by atoms with Crippen molar-refractivity contribution in [1.82, 2.24) is 49.9 Å². The van der Waals surface area contributed by atoms with Crippen LogP contribution in [0, 0.1) is 51.3 Å². The number of halogens is 5. The summed E-state index contributed by atoms with van der Waals surface area (Å²) >= 11 is 1.85. The monoisotopic (exact) mass is 1250 g/mol. The van der Waals surface area contributed by atoms with E-state index in [4.69, 9.17) is 40.6 Å². The van der Waals surface area contributed by atoms with Crippen LogP contribution in [0.25, 0.3) is 64.5 Å². The minimum atomic E-state index is -0.990. The number of pyridine rings is 2. The fourth-order valence-corrected chi connectivity index (χ4v) is 17.7. The van der Waals surface area contributed by atoms with E-state index < -0.39 is 40.5 Å². The molecule has 0 amide bonds. The average Bonchev–Trinajstić information content (AvgIpc) is 1.90. The summed E-state index contributed by atoms with van der Waals surface area (Å²) in [7, 11) is 2.12. The van der Waals surface area contributed by atoms with Gasteiger partial charge in [-0.15, -0.1) is 22.7 Å². The highest BCUT2D eigenvalue weighted by Crippen LogP contribution is 2.52. The van der Waals surface area contributed by atoms with Crippen molar-refractivity contribution in [1.29, 1.82) is 10.5 Å². The van der Waals surface area contributed by atoms with Crippen LogP contribution in [-0.2, 0) is 4.74 Å². The van der Waals surface area contributed by atoms with Crippen molar-refractivity contribution in [3.05, 3.63) is 71.1 Å². The number of piperazine rings is 1. The van der Waals surface area contributed by atoms with E-state index in [1.54, 1.807) is 6.20 Å². The van der Waals surface area contributed by atoms with Crippen LogP contribution in [0.4, 0.5) is 43.6 Å². The number of thiophene rings is 2. The van der Waals surface area contributed by atoms with Crippen LogP contribution in [0.1, 0.15) is 88.2 Å². The molecule has 16 rings (SSSR count). The lowest BCUT2D eigenvalue weighted by Gasteiger charge is -2.55. The molecule has 2 saturated carbocycles. The lowest BCUT2D eigenvalue weighted by molar-refractivity contribution is -0.181. The molecule has 0 radical (unpaired) electrons. The maximum Gasteiger partial charge on any atom is 0.319 e. The largest absolute Gasteiger partial charge is 0.463 e. The van der Waals surface area contributed by atoms with Gasteiger partial charge in [0.1, 0.15) is 86.8 Å². The molecule has 6 aliphatic heterocycles. The second kappa shape index (κ2) is 21.4. The van der Waals surface area contributed by atoms with Crippen molar-refractivity contribution in [2.24, 2.45) is 5.41 Å². The minimum absolute atomic E-state index is 0.0156. The van der Waals surface area contributed by atoms with Gasteiger partial charge in [0, 0.05) is 109 Å². The number of benzene rings is 2. The lowest BCUT2D eigenvalue weighted by Crippen LogP contribution is -2.66. The number of morpholine rings is 1. The summed E-state index contributed by atoms with van der Waals surface area (Å²) in [5.41, 5.74) is 11.4. The van der Waals surface area contributed by atoms with Gasteiger partial charge < -0.3 is 41.2 Å². The van der Waals surface area contributed by atoms with E-state index in [-0.39, 0.29) is 129 Å². The topological polar surface area (TPSA) is 242 Å². The van der Waals surface area contributed by atoms with Crippen molar-refractivity contribution in [3.8, 4) is 46.7 Å². The van der Waals surface area contributed by atoms with Gasteiger partial charge in [-0.1, -0.05) is 0 Å². The van der Waals surface area contributed by atoms with Crippen LogP contribution >= 0.6 is 22.7 Å². The Labute approximate surface area is 516 Å². The van der Waals surface area contributed by atoms with Crippen LogP contribution < -0.4 is 36.5 Å². The van der Waals surface area contributed by atoms with Gasteiger partial charge in [0.15, 0.2) is 11.6 Å². The van der Waals surface area contributed by atoms with Crippen molar-refractivity contribution in [2.75, 3.05) is 87.8 Å². The summed E-state index contributed by atoms with van der Waals surface area (Å²) in [5.74, 6) is -1.87. The van der Waals surface area contributed by atoms with Crippen molar-refractivity contribution < 1.29 is 36.2 Å². The average molecular weight is 1250 g/mol. The Hall–Kier alpha value is -7.43. The molecule has 6 aromatic heterocycles. The number of ether oxygens (including phenoxy) is 3. The molecule has 6 saturated heterocycles. The first-order valence-electron chi connectivity index (χ1n) is 30.7. The molecule has 4 bridgehead atoms. The quantitative estimate of drug-likeness (QED) is 0.0658. The summed E-state index contributed by atoms with van der Waals surface area (Å²) in [6.45, 7) is 4.53. The Morgan fingerprint density at radius 3 is 2.03 bits per heavy atom. The summed E-state index contributed by atoms with van der Waals surface area (Å²) < 4.78 is 100. The number of nitrogen functional groups attached to an aromatic ring is 2. The number of nitrogens with two attached hydrogens (primary N) is 2. The summed E-state index contributed by atoms with van der Waals surface area (Å²) in [6.07, 6.45) is 12.2. The van der Waals surface area contributed by atoms with Gasteiger partial charge in [-0.3, -0.25) is 24.7 Å². The molecular weight excluding hydrogens is 1190 g/mol. The number of alkyl halides is 1. The number of nitrogens with zero attached hydrogens (tertiary/aromatic N) is 12. The first-order valence-corrected chi connectivity index (χ1v) is 32.3. The van der Waals surface area contributed by atoms with E-state index >= 15 is 17.6 Å². The normalized spacial score (nSPS) is 25.9. The van der Waals surface area contributed by atoms with Gasteiger partial charge >= 0.3 is 12.0 Å². The molecule has 2 aliphatic carbocycles. The number of likely N-dealkylation sites (N-methyl/N-ethyl adjacent to an activating group) is 1. The fraction of sp³-hybridized carbons (Fsp3) is 0.492. The summed E-state index contributed by atoms with van der Waals surface area (Å²) in [6, 6.07) is 10.1. The molecule has 5 unspecified atom stereocenters. The van der Waals surface area contributed by atoms with Gasteiger partial charge in [0.2, 0.25) is 0 Å². The van der Waals surface area contributed by atoms with Gasteiger partial charge in [-0.25, -0.2) is 22.0 Å². The Kier molecular flexibility index (Phi) is 13.6. The van der Waals surface area contributed by atoms with Crippen LogP contribution in [0.15, 0.2) is 36.7 Å². The third kappa shape index (κ3) is 9.28. The number of nitriles is 2. The number of anilines is 4. The second-order valence-corrected chi connectivity index (χ2v) is 28.1. The van der Waals surface area contributed by atoms with E-state index in [9.17, 15) is 14.9 Å². The Morgan fingerprint density at radius 1 is 0.775 bits per heavy atom. The Morgan fingerprint density at radius 2 is 1.40 bits per heavy atom.